The lowest BCUT2D eigenvalue weighted by molar-refractivity contribution is -0.136. The van der Waals surface area contributed by atoms with Crippen molar-refractivity contribution >= 4 is 23.5 Å². The molecule has 2 amide bonds. The third kappa shape index (κ3) is 4.01. The highest BCUT2D eigenvalue weighted by Crippen LogP contribution is 2.32. The summed E-state index contributed by atoms with van der Waals surface area (Å²) in [4.78, 5) is 37.6. The Morgan fingerprint density at radius 1 is 0.966 bits per heavy atom. The molecule has 1 aliphatic carbocycles. The van der Waals surface area contributed by atoms with Gasteiger partial charge in [0.15, 0.2) is 0 Å². The second kappa shape index (κ2) is 8.07. The van der Waals surface area contributed by atoms with Crippen LogP contribution in [-0.2, 0) is 11.2 Å². The summed E-state index contributed by atoms with van der Waals surface area (Å²) in [6.07, 6.45) is 3.94. The van der Waals surface area contributed by atoms with E-state index in [0.717, 1.165) is 36.9 Å². The molecule has 1 saturated carbocycles. The number of carboxylic acid groups (broad SMARTS) is 1. The monoisotopic (exact) mass is 392 g/mol. The summed E-state index contributed by atoms with van der Waals surface area (Å²) in [7, 11) is 0. The molecule has 0 aromatic heterocycles. The number of carbonyl (C=O) groups is 3. The van der Waals surface area contributed by atoms with Gasteiger partial charge in [-0.25, -0.2) is 0 Å². The van der Waals surface area contributed by atoms with Crippen LogP contribution in [0, 0.1) is 0 Å². The maximum absolute atomic E-state index is 12.7. The van der Waals surface area contributed by atoms with Crippen molar-refractivity contribution in [3.63, 3.8) is 0 Å². The summed E-state index contributed by atoms with van der Waals surface area (Å²) in [5.74, 6) is -1.14. The maximum Gasteiger partial charge on any atom is 0.303 e. The van der Waals surface area contributed by atoms with E-state index in [1.165, 1.54) is 4.90 Å². The van der Waals surface area contributed by atoms with E-state index in [4.69, 9.17) is 5.11 Å². The molecule has 0 unspecified atom stereocenters. The fraction of sp³-hybridized carbons (Fsp3) is 0.348. The van der Waals surface area contributed by atoms with Gasteiger partial charge in [-0.3, -0.25) is 19.3 Å². The first-order chi connectivity index (χ1) is 14.0. The molecule has 6 heteroatoms. The number of anilines is 1. The predicted molar refractivity (Wildman–Crippen MR) is 109 cm³/mol. The van der Waals surface area contributed by atoms with Crippen molar-refractivity contribution in [3.8, 4) is 0 Å². The first-order valence-electron chi connectivity index (χ1n) is 10.1. The molecule has 6 nitrogen and oxygen atoms in total. The summed E-state index contributed by atoms with van der Waals surface area (Å²) in [5, 5.41) is 12.4. The Bertz CT molecular complexity index is 912. The van der Waals surface area contributed by atoms with E-state index in [1.54, 1.807) is 24.3 Å². The van der Waals surface area contributed by atoms with Gasteiger partial charge in [-0.2, -0.15) is 0 Å². The smallest absolute Gasteiger partial charge is 0.303 e. The summed E-state index contributed by atoms with van der Waals surface area (Å²) in [6.45, 7) is 0. The van der Waals surface area contributed by atoms with E-state index >= 15 is 0 Å². The van der Waals surface area contributed by atoms with Crippen LogP contribution in [0.25, 0.3) is 0 Å². The summed E-state index contributed by atoms with van der Waals surface area (Å²) in [5.41, 5.74) is 3.00. The Kier molecular flexibility index (Phi) is 5.34. The van der Waals surface area contributed by atoms with Crippen LogP contribution in [0.1, 0.15) is 58.4 Å². The highest BCUT2D eigenvalue weighted by Gasteiger charge is 2.40. The number of imide groups is 1. The molecular weight excluding hydrogens is 368 g/mol. The van der Waals surface area contributed by atoms with Gasteiger partial charge < -0.3 is 10.4 Å². The second-order valence-electron chi connectivity index (χ2n) is 7.77. The minimum Gasteiger partial charge on any atom is -0.481 e. The van der Waals surface area contributed by atoms with Crippen LogP contribution in [-0.4, -0.2) is 39.9 Å². The van der Waals surface area contributed by atoms with E-state index in [2.05, 4.69) is 5.32 Å². The molecule has 0 saturated heterocycles. The summed E-state index contributed by atoms with van der Waals surface area (Å²) < 4.78 is 0. The Morgan fingerprint density at radius 3 is 2.24 bits per heavy atom. The van der Waals surface area contributed by atoms with E-state index in [9.17, 15) is 14.4 Å². The van der Waals surface area contributed by atoms with Crippen LogP contribution in [0.4, 0.5) is 5.69 Å². The summed E-state index contributed by atoms with van der Waals surface area (Å²) in [6, 6.07) is 15.1. The van der Waals surface area contributed by atoms with Crippen molar-refractivity contribution in [2.75, 3.05) is 5.32 Å². The van der Waals surface area contributed by atoms with Gasteiger partial charge in [0.05, 0.1) is 11.1 Å². The van der Waals surface area contributed by atoms with Crippen LogP contribution in [0.5, 0.6) is 0 Å². The van der Waals surface area contributed by atoms with Crippen molar-refractivity contribution in [1.29, 1.82) is 0 Å². The molecule has 1 heterocycles. The van der Waals surface area contributed by atoms with Gasteiger partial charge in [0.1, 0.15) is 0 Å². The molecule has 0 radical (unpaired) electrons. The zero-order valence-corrected chi connectivity index (χ0v) is 16.1. The molecule has 29 heavy (non-hydrogen) atoms. The SMILES string of the molecule is O=C(O)CCc1cccc(NC2CCC(N3C(=O)c4ccccc4C3=O)CC2)c1. The Balaban J connectivity index is 1.35. The average molecular weight is 392 g/mol. The number of hydrogen-bond acceptors (Lipinski definition) is 4. The molecule has 1 fully saturated rings. The second-order valence-corrected chi connectivity index (χ2v) is 7.77. The number of carbonyl (C=O) groups excluding carboxylic acids is 2. The number of carboxylic acids is 1. The van der Waals surface area contributed by atoms with E-state index in [1.807, 2.05) is 24.3 Å². The molecule has 2 aliphatic rings. The maximum atomic E-state index is 12.7. The number of amides is 2. The molecule has 1 aliphatic heterocycles. The highest BCUT2D eigenvalue weighted by molar-refractivity contribution is 6.21. The van der Waals surface area contributed by atoms with Crippen LogP contribution in [0.15, 0.2) is 48.5 Å². The van der Waals surface area contributed by atoms with Crippen molar-refractivity contribution in [2.45, 2.75) is 50.6 Å². The van der Waals surface area contributed by atoms with E-state index < -0.39 is 5.97 Å². The average Bonchev–Trinajstić information content (AvgIpc) is 2.98. The molecule has 4 rings (SSSR count). The Labute approximate surface area is 169 Å². The lowest BCUT2D eigenvalue weighted by Crippen LogP contribution is -2.43. The lowest BCUT2D eigenvalue weighted by Gasteiger charge is -2.34. The number of benzene rings is 2. The van der Waals surface area contributed by atoms with Crippen molar-refractivity contribution in [2.24, 2.45) is 0 Å². The molecule has 150 valence electrons. The number of rotatable bonds is 6. The van der Waals surface area contributed by atoms with Gasteiger partial charge in [0.2, 0.25) is 0 Å². The van der Waals surface area contributed by atoms with Crippen molar-refractivity contribution in [3.05, 3.63) is 65.2 Å². The number of aliphatic carboxylic acids is 1. The normalized spacial score (nSPS) is 21.2. The zero-order valence-electron chi connectivity index (χ0n) is 16.1. The number of nitrogens with zero attached hydrogens (tertiary/aromatic N) is 1. The lowest BCUT2D eigenvalue weighted by atomic mass is 9.90. The van der Waals surface area contributed by atoms with Crippen LogP contribution in [0.3, 0.4) is 0 Å². The third-order valence-corrected chi connectivity index (χ3v) is 5.81. The van der Waals surface area contributed by atoms with Crippen LogP contribution in [0.2, 0.25) is 0 Å². The van der Waals surface area contributed by atoms with Gasteiger partial charge in [-0.1, -0.05) is 24.3 Å². The van der Waals surface area contributed by atoms with Crippen LogP contribution >= 0.6 is 0 Å². The van der Waals surface area contributed by atoms with Gasteiger partial charge in [-0.05, 0) is 61.9 Å². The van der Waals surface area contributed by atoms with E-state index in [0.29, 0.717) is 17.5 Å². The Morgan fingerprint density at radius 2 is 1.62 bits per heavy atom. The molecular formula is C23H24N2O4. The minimum absolute atomic E-state index is 0.0534. The molecule has 2 aromatic carbocycles. The topological polar surface area (TPSA) is 86.7 Å². The molecule has 0 spiro atoms. The highest BCUT2D eigenvalue weighted by atomic mass is 16.4. The molecule has 2 N–H and O–H groups in total. The van der Waals surface area contributed by atoms with Crippen molar-refractivity contribution in [1.82, 2.24) is 4.90 Å². The first kappa shape index (κ1) is 19.2. The molecule has 0 bridgehead atoms. The van der Waals surface area contributed by atoms with Gasteiger partial charge in [-0.15, -0.1) is 0 Å². The predicted octanol–water partition coefficient (Wildman–Crippen LogP) is 3.72. The molecule has 0 atom stereocenters. The number of fused-ring (bicyclic) bond motifs is 1. The number of aryl methyl sites for hydroxylation is 1. The quantitative estimate of drug-likeness (QED) is 0.732. The zero-order chi connectivity index (χ0) is 20.4. The van der Waals surface area contributed by atoms with Gasteiger partial charge >= 0.3 is 5.97 Å². The molecule has 2 aromatic rings. The van der Waals surface area contributed by atoms with Crippen LogP contribution < -0.4 is 5.32 Å². The Hall–Kier alpha value is -3.15. The largest absolute Gasteiger partial charge is 0.481 e. The fourth-order valence-corrected chi connectivity index (χ4v) is 4.32. The fourth-order valence-electron chi connectivity index (χ4n) is 4.32. The van der Waals surface area contributed by atoms with Gasteiger partial charge in [0, 0.05) is 24.2 Å². The van der Waals surface area contributed by atoms with Gasteiger partial charge in [0.25, 0.3) is 11.8 Å². The van der Waals surface area contributed by atoms with E-state index in [-0.39, 0.29) is 30.3 Å². The standard InChI is InChI=1S/C23H24N2O4/c26-21(27)13-8-15-4-3-5-17(14-15)24-16-9-11-18(12-10-16)25-22(28)19-6-1-2-7-20(19)23(25)29/h1-7,14,16,18,24H,8-13H2,(H,26,27). The van der Waals surface area contributed by atoms with Crippen molar-refractivity contribution < 1.29 is 19.5 Å². The minimum atomic E-state index is -0.796. The number of nitrogens with one attached hydrogen (secondary N) is 1. The third-order valence-electron chi connectivity index (χ3n) is 5.81. The summed E-state index contributed by atoms with van der Waals surface area (Å²) >= 11 is 0. The first-order valence-corrected chi connectivity index (χ1v) is 10.1. The number of hydrogen-bond donors (Lipinski definition) is 2.